The zero-order valence-corrected chi connectivity index (χ0v) is 13.8. The van der Waals surface area contributed by atoms with E-state index in [9.17, 15) is 13.6 Å². The molecule has 122 valence electrons. The molecule has 0 saturated heterocycles. The van der Waals surface area contributed by atoms with E-state index in [1.54, 1.807) is 19.2 Å². The second-order valence-corrected chi connectivity index (χ2v) is 6.02. The summed E-state index contributed by atoms with van der Waals surface area (Å²) in [5.74, 6) is -2.09. The van der Waals surface area contributed by atoms with Crippen LogP contribution in [0.1, 0.15) is 5.56 Å². The molecule has 2 rings (SSSR count). The van der Waals surface area contributed by atoms with Crippen LogP contribution in [0.15, 0.2) is 36.4 Å². The zero-order valence-electron chi connectivity index (χ0n) is 12.3. The van der Waals surface area contributed by atoms with E-state index in [-0.39, 0.29) is 6.54 Å². The van der Waals surface area contributed by atoms with E-state index >= 15 is 0 Å². The van der Waals surface area contributed by atoms with Crippen molar-refractivity contribution in [3.8, 4) is 0 Å². The summed E-state index contributed by atoms with van der Waals surface area (Å²) in [7, 11) is 1.79. The average Bonchev–Trinajstić information content (AvgIpc) is 2.47. The number of rotatable bonds is 5. The number of hydrogen-bond acceptors (Lipinski definition) is 1. The minimum Gasteiger partial charge on any atom is -0.326 e. The standard InChI is InChI=1S/C16H14Cl2F2N2O/c1-22(8-10-5-6-11(17)12(18)7-10)9-15(23)21-16-13(19)3-2-4-14(16)20/h2-7H,8-9H2,1H3,(H,21,23)/p+1. The minimum atomic E-state index is -0.805. The molecule has 0 radical (unpaired) electrons. The molecular formula is C16H15Cl2F2N2O+. The second kappa shape index (κ2) is 7.73. The predicted molar refractivity (Wildman–Crippen MR) is 86.9 cm³/mol. The Labute approximate surface area is 142 Å². The fourth-order valence-electron chi connectivity index (χ4n) is 2.14. The van der Waals surface area contributed by atoms with Crippen molar-refractivity contribution in [2.24, 2.45) is 0 Å². The van der Waals surface area contributed by atoms with Crippen molar-refractivity contribution in [2.75, 3.05) is 18.9 Å². The topological polar surface area (TPSA) is 33.5 Å². The number of hydrogen-bond donors (Lipinski definition) is 2. The van der Waals surface area contributed by atoms with Crippen LogP contribution in [0.25, 0.3) is 0 Å². The van der Waals surface area contributed by atoms with Gasteiger partial charge in [-0.05, 0) is 24.3 Å². The third kappa shape index (κ3) is 4.89. The van der Waals surface area contributed by atoms with Gasteiger partial charge >= 0.3 is 0 Å². The highest BCUT2D eigenvalue weighted by Gasteiger charge is 2.15. The molecule has 2 aromatic carbocycles. The van der Waals surface area contributed by atoms with Crippen molar-refractivity contribution in [1.29, 1.82) is 0 Å². The number of nitrogens with one attached hydrogen (secondary N) is 2. The predicted octanol–water partition coefficient (Wildman–Crippen LogP) is 2.93. The number of halogens is 4. The highest BCUT2D eigenvalue weighted by Crippen LogP contribution is 2.22. The molecule has 0 aromatic heterocycles. The number of amides is 1. The molecule has 0 aliphatic heterocycles. The molecule has 1 atom stereocenters. The van der Waals surface area contributed by atoms with Crippen LogP contribution in [0.2, 0.25) is 10.0 Å². The second-order valence-electron chi connectivity index (χ2n) is 5.20. The maximum absolute atomic E-state index is 13.5. The van der Waals surface area contributed by atoms with Crippen LogP contribution in [0.4, 0.5) is 14.5 Å². The van der Waals surface area contributed by atoms with Crippen LogP contribution < -0.4 is 10.2 Å². The van der Waals surface area contributed by atoms with Gasteiger partial charge in [0, 0.05) is 5.56 Å². The van der Waals surface area contributed by atoms with Gasteiger partial charge in [0.15, 0.2) is 6.54 Å². The summed E-state index contributed by atoms with van der Waals surface area (Å²) < 4.78 is 27.0. The van der Waals surface area contributed by atoms with Crippen molar-refractivity contribution in [1.82, 2.24) is 0 Å². The maximum atomic E-state index is 13.5. The SMILES string of the molecule is C[NH+](CC(=O)Nc1c(F)cccc1F)Cc1ccc(Cl)c(Cl)c1. The number of likely N-dealkylation sites (N-methyl/N-ethyl adjacent to an activating group) is 1. The van der Waals surface area contributed by atoms with E-state index in [1.165, 1.54) is 6.07 Å². The summed E-state index contributed by atoms with van der Waals surface area (Å²) in [5.41, 5.74) is 0.474. The molecule has 2 aromatic rings. The lowest BCUT2D eigenvalue weighted by molar-refractivity contribution is -0.885. The van der Waals surface area contributed by atoms with Crippen molar-refractivity contribution in [3.63, 3.8) is 0 Å². The molecule has 0 aliphatic carbocycles. The van der Waals surface area contributed by atoms with E-state index in [0.717, 1.165) is 22.6 Å². The summed E-state index contributed by atoms with van der Waals surface area (Å²) in [6.45, 7) is 0.568. The fourth-order valence-corrected chi connectivity index (χ4v) is 2.46. The van der Waals surface area contributed by atoms with Crippen LogP contribution in [0, 0.1) is 11.6 Å². The van der Waals surface area contributed by atoms with Gasteiger partial charge in [-0.1, -0.05) is 35.3 Å². The lowest BCUT2D eigenvalue weighted by atomic mass is 10.2. The van der Waals surface area contributed by atoms with E-state index in [2.05, 4.69) is 5.32 Å². The van der Waals surface area contributed by atoms with Crippen molar-refractivity contribution in [2.45, 2.75) is 6.54 Å². The fraction of sp³-hybridized carbons (Fsp3) is 0.188. The molecule has 7 heteroatoms. The Morgan fingerprint density at radius 3 is 2.39 bits per heavy atom. The Hall–Kier alpha value is -1.69. The van der Waals surface area contributed by atoms with Crippen LogP contribution in [0.3, 0.4) is 0 Å². The third-order valence-corrected chi connectivity index (χ3v) is 3.92. The molecule has 1 unspecified atom stereocenters. The molecule has 0 aliphatic rings. The summed E-state index contributed by atoms with van der Waals surface area (Å²) in [6, 6.07) is 8.63. The number of anilines is 1. The Kier molecular flexibility index (Phi) is 5.93. The van der Waals surface area contributed by atoms with Gasteiger partial charge in [0.25, 0.3) is 5.91 Å². The van der Waals surface area contributed by atoms with Gasteiger partial charge in [-0.25, -0.2) is 8.78 Å². The van der Waals surface area contributed by atoms with Gasteiger partial charge in [-0.15, -0.1) is 0 Å². The van der Waals surface area contributed by atoms with Gasteiger partial charge in [-0.2, -0.15) is 0 Å². The quantitative estimate of drug-likeness (QED) is 0.845. The molecule has 0 spiro atoms. The van der Waals surface area contributed by atoms with Crippen LogP contribution in [-0.2, 0) is 11.3 Å². The van der Waals surface area contributed by atoms with E-state index in [0.29, 0.717) is 16.6 Å². The molecule has 1 amide bonds. The van der Waals surface area contributed by atoms with Crippen LogP contribution in [0.5, 0.6) is 0 Å². The molecule has 23 heavy (non-hydrogen) atoms. The Morgan fingerprint density at radius 2 is 1.78 bits per heavy atom. The lowest BCUT2D eigenvalue weighted by Gasteiger charge is -2.14. The molecule has 0 bridgehead atoms. The summed E-state index contributed by atoms with van der Waals surface area (Å²) in [6.07, 6.45) is 0. The Bertz CT molecular complexity index is 705. The summed E-state index contributed by atoms with van der Waals surface area (Å²) in [5, 5.41) is 3.16. The number of para-hydroxylation sites is 1. The molecule has 0 heterocycles. The highest BCUT2D eigenvalue weighted by molar-refractivity contribution is 6.42. The highest BCUT2D eigenvalue weighted by atomic mass is 35.5. The molecular weight excluding hydrogens is 345 g/mol. The van der Waals surface area contributed by atoms with Gasteiger partial charge in [0.1, 0.15) is 23.9 Å². The number of benzene rings is 2. The van der Waals surface area contributed by atoms with Gasteiger partial charge in [0.05, 0.1) is 17.1 Å². The van der Waals surface area contributed by atoms with Crippen molar-refractivity contribution >= 4 is 34.8 Å². The van der Waals surface area contributed by atoms with E-state index < -0.39 is 23.2 Å². The Morgan fingerprint density at radius 1 is 1.13 bits per heavy atom. The van der Waals surface area contributed by atoms with Gasteiger partial charge < -0.3 is 10.2 Å². The number of quaternary nitrogens is 1. The van der Waals surface area contributed by atoms with Crippen molar-refractivity contribution < 1.29 is 18.5 Å². The van der Waals surface area contributed by atoms with Crippen molar-refractivity contribution in [3.05, 3.63) is 63.6 Å². The first-order valence-corrected chi connectivity index (χ1v) is 7.61. The molecule has 3 nitrogen and oxygen atoms in total. The smallest absolute Gasteiger partial charge is 0.279 e. The van der Waals surface area contributed by atoms with Crippen LogP contribution >= 0.6 is 23.2 Å². The zero-order chi connectivity index (χ0) is 17.0. The first kappa shape index (κ1) is 17.7. The lowest BCUT2D eigenvalue weighted by Crippen LogP contribution is -3.08. The molecule has 0 saturated carbocycles. The average molecular weight is 360 g/mol. The first-order valence-electron chi connectivity index (χ1n) is 6.86. The van der Waals surface area contributed by atoms with Crippen LogP contribution in [-0.4, -0.2) is 19.5 Å². The van der Waals surface area contributed by atoms with E-state index in [1.807, 2.05) is 6.07 Å². The van der Waals surface area contributed by atoms with E-state index in [4.69, 9.17) is 23.2 Å². The number of carbonyl (C=O) groups excluding carboxylic acids is 1. The monoisotopic (exact) mass is 359 g/mol. The van der Waals surface area contributed by atoms with Gasteiger partial charge in [0.2, 0.25) is 0 Å². The maximum Gasteiger partial charge on any atom is 0.279 e. The third-order valence-electron chi connectivity index (χ3n) is 3.18. The summed E-state index contributed by atoms with van der Waals surface area (Å²) >= 11 is 11.8. The number of carbonyl (C=O) groups is 1. The largest absolute Gasteiger partial charge is 0.326 e. The summed E-state index contributed by atoms with van der Waals surface area (Å²) in [4.78, 5) is 12.8. The molecule has 2 N–H and O–H groups in total. The molecule has 0 fully saturated rings. The Balaban J connectivity index is 1.95. The first-order chi connectivity index (χ1) is 10.9. The minimum absolute atomic E-state index is 0.0496. The van der Waals surface area contributed by atoms with Gasteiger partial charge in [-0.3, -0.25) is 4.79 Å². The normalized spacial score (nSPS) is 12.0.